The zero-order chi connectivity index (χ0) is 16.9. The predicted octanol–water partition coefficient (Wildman–Crippen LogP) is 2.52. The van der Waals surface area contributed by atoms with Crippen LogP contribution in [0.2, 0.25) is 0 Å². The predicted molar refractivity (Wildman–Crippen MR) is 90.9 cm³/mol. The van der Waals surface area contributed by atoms with Gasteiger partial charge in [0.2, 0.25) is 11.8 Å². The first-order chi connectivity index (χ1) is 11.5. The van der Waals surface area contributed by atoms with Gasteiger partial charge in [-0.1, -0.05) is 25.1 Å². The summed E-state index contributed by atoms with van der Waals surface area (Å²) in [6.07, 6.45) is 4.87. The first-order valence-corrected chi connectivity index (χ1v) is 8.67. The van der Waals surface area contributed by atoms with Crippen LogP contribution in [0, 0.1) is 5.41 Å². The number of nitrogens with zero attached hydrogens (tertiary/aromatic N) is 1. The maximum Gasteiger partial charge on any atom is 0.249 e. The van der Waals surface area contributed by atoms with Crippen LogP contribution < -0.4 is 5.32 Å². The summed E-state index contributed by atoms with van der Waals surface area (Å²) in [6, 6.07) is 7.42. The zero-order valence-corrected chi connectivity index (χ0v) is 13.8. The van der Waals surface area contributed by atoms with E-state index in [9.17, 15) is 14.7 Å². The molecule has 1 fully saturated rings. The summed E-state index contributed by atoms with van der Waals surface area (Å²) in [5, 5.41) is 14.8. The van der Waals surface area contributed by atoms with E-state index in [0.717, 1.165) is 24.8 Å². The molecule has 2 N–H and O–H groups in total. The maximum atomic E-state index is 12.6. The minimum Gasteiger partial charge on any atom is -0.366 e. The molecular formula is C19H22N2O3. The number of para-hydroxylation sites is 1. The highest BCUT2D eigenvalue weighted by molar-refractivity contribution is 6.06. The number of carbonyl (C=O) groups excluding carboxylic acids is 2. The number of nitrogens with one attached hydrogen (secondary N) is 1. The van der Waals surface area contributed by atoms with Crippen molar-refractivity contribution >= 4 is 23.1 Å². The van der Waals surface area contributed by atoms with Gasteiger partial charge in [0.15, 0.2) is 5.72 Å². The maximum absolute atomic E-state index is 12.6. The number of anilines is 1. The van der Waals surface area contributed by atoms with Crippen molar-refractivity contribution < 1.29 is 14.7 Å². The standard InChI is InChI=1S/C19H22N2O3/c1-2-18-9-5-11-21-17(23)12-14(19(18,21)24)13-6-3-4-7-15(13)20-16(22)8-10-18/h3-4,6-7,12,24H,2,5,8-11H2,1H3,(H,20,22)/t18-,19-/m1/s1. The van der Waals surface area contributed by atoms with Crippen molar-refractivity contribution in [3.63, 3.8) is 0 Å². The topological polar surface area (TPSA) is 69.6 Å². The van der Waals surface area contributed by atoms with Crippen LogP contribution in [0.25, 0.3) is 5.57 Å². The molecule has 0 bridgehead atoms. The summed E-state index contributed by atoms with van der Waals surface area (Å²) in [5.41, 5.74) is 0.212. The van der Waals surface area contributed by atoms with Gasteiger partial charge in [0.1, 0.15) is 0 Å². The molecule has 0 unspecified atom stereocenters. The Morgan fingerprint density at radius 1 is 1.25 bits per heavy atom. The van der Waals surface area contributed by atoms with Gasteiger partial charge in [0.05, 0.1) is 0 Å². The Morgan fingerprint density at radius 2 is 2.04 bits per heavy atom. The van der Waals surface area contributed by atoms with Gasteiger partial charge in [0, 0.05) is 41.3 Å². The van der Waals surface area contributed by atoms with Crippen LogP contribution in [0.1, 0.15) is 44.6 Å². The second-order valence-corrected chi connectivity index (χ2v) is 7.05. The monoisotopic (exact) mass is 326 g/mol. The van der Waals surface area contributed by atoms with E-state index in [1.54, 1.807) is 11.0 Å². The van der Waals surface area contributed by atoms with Gasteiger partial charge >= 0.3 is 0 Å². The van der Waals surface area contributed by atoms with Crippen molar-refractivity contribution in [1.82, 2.24) is 4.90 Å². The van der Waals surface area contributed by atoms with Gasteiger partial charge in [0.25, 0.3) is 0 Å². The summed E-state index contributed by atoms with van der Waals surface area (Å²) >= 11 is 0. The molecule has 2 atom stereocenters. The van der Waals surface area contributed by atoms with Gasteiger partial charge in [-0.2, -0.15) is 0 Å². The Hall–Kier alpha value is -2.14. The third-order valence-corrected chi connectivity index (χ3v) is 6.08. The van der Waals surface area contributed by atoms with E-state index in [0.29, 0.717) is 30.6 Å². The molecule has 1 aromatic carbocycles. The molecule has 0 saturated carbocycles. The highest BCUT2D eigenvalue weighted by Crippen LogP contribution is 2.57. The van der Waals surface area contributed by atoms with Gasteiger partial charge < -0.3 is 15.3 Å². The van der Waals surface area contributed by atoms with Crippen molar-refractivity contribution in [3.8, 4) is 0 Å². The Labute approximate surface area is 141 Å². The number of rotatable bonds is 1. The van der Waals surface area contributed by atoms with Crippen molar-refractivity contribution in [2.45, 2.75) is 44.8 Å². The normalized spacial score (nSPS) is 32.1. The van der Waals surface area contributed by atoms with Gasteiger partial charge in [-0.15, -0.1) is 0 Å². The van der Waals surface area contributed by atoms with Crippen LogP contribution in [-0.2, 0) is 9.59 Å². The molecule has 4 rings (SSSR count). The van der Waals surface area contributed by atoms with Crippen molar-refractivity contribution in [2.75, 3.05) is 11.9 Å². The summed E-state index contributed by atoms with van der Waals surface area (Å²) in [7, 11) is 0. The number of carbonyl (C=O) groups is 2. The molecule has 3 aliphatic heterocycles. The number of hydrogen-bond donors (Lipinski definition) is 2. The molecule has 3 heterocycles. The highest BCUT2D eigenvalue weighted by Gasteiger charge is 2.61. The lowest BCUT2D eigenvalue weighted by Crippen LogP contribution is -2.62. The highest BCUT2D eigenvalue weighted by atomic mass is 16.3. The Morgan fingerprint density at radius 3 is 2.83 bits per heavy atom. The fourth-order valence-electron chi connectivity index (χ4n) is 4.76. The summed E-state index contributed by atoms with van der Waals surface area (Å²) in [6.45, 7) is 2.60. The largest absolute Gasteiger partial charge is 0.366 e. The van der Waals surface area contributed by atoms with Gasteiger partial charge in [-0.05, 0) is 31.7 Å². The van der Waals surface area contributed by atoms with Crippen molar-refractivity contribution in [3.05, 3.63) is 35.9 Å². The minimum absolute atomic E-state index is 0.0390. The summed E-state index contributed by atoms with van der Waals surface area (Å²) in [4.78, 5) is 26.6. The van der Waals surface area contributed by atoms with Crippen LogP contribution in [0.5, 0.6) is 0 Å². The SMILES string of the molecule is CC[C@@]12CCCN3C(=O)C=C(c4ccccc4NC(=O)CC1)[C@]32O. The third-order valence-electron chi connectivity index (χ3n) is 6.08. The molecule has 126 valence electrons. The van der Waals surface area contributed by atoms with Gasteiger partial charge in [-0.3, -0.25) is 9.59 Å². The van der Waals surface area contributed by atoms with Crippen LogP contribution >= 0.6 is 0 Å². The zero-order valence-electron chi connectivity index (χ0n) is 13.8. The lowest BCUT2D eigenvalue weighted by atomic mass is 9.63. The smallest absolute Gasteiger partial charge is 0.249 e. The van der Waals surface area contributed by atoms with Crippen LogP contribution in [0.15, 0.2) is 30.3 Å². The number of amides is 2. The Kier molecular flexibility index (Phi) is 3.32. The Balaban J connectivity index is 1.99. The fourth-order valence-corrected chi connectivity index (χ4v) is 4.76. The quantitative estimate of drug-likeness (QED) is 0.833. The molecule has 24 heavy (non-hydrogen) atoms. The van der Waals surface area contributed by atoms with Crippen molar-refractivity contribution in [1.29, 1.82) is 0 Å². The number of piperidine rings is 1. The second-order valence-electron chi connectivity index (χ2n) is 7.05. The van der Waals surface area contributed by atoms with Crippen LogP contribution in [0.3, 0.4) is 0 Å². The van der Waals surface area contributed by atoms with E-state index < -0.39 is 11.1 Å². The molecule has 0 radical (unpaired) electrons. The van der Waals surface area contributed by atoms with E-state index in [-0.39, 0.29) is 11.8 Å². The molecule has 1 saturated heterocycles. The van der Waals surface area contributed by atoms with E-state index in [2.05, 4.69) is 5.32 Å². The number of benzene rings is 1. The third kappa shape index (κ3) is 1.85. The summed E-state index contributed by atoms with van der Waals surface area (Å²) in [5.74, 6) is -0.172. The molecule has 5 nitrogen and oxygen atoms in total. The molecule has 0 aliphatic carbocycles. The van der Waals surface area contributed by atoms with Gasteiger partial charge in [-0.25, -0.2) is 0 Å². The minimum atomic E-state index is -1.33. The van der Waals surface area contributed by atoms with E-state index in [1.807, 2.05) is 31.2 Å². The lowest BCUT2D eigenvalue weighted by molar-refractivity contribution is -0.183. The molecule has 3 aliphatic rings. The number of aliphatic hydroxyl groups is 1. The number of fused-ring (bicyclic) bond motifs is 2. The van der Waals surface area contributed by atoms with E-state index in [1.165, 1.54) is 0 Å². The Bertz CT molecular complexity index is 757. The van der Waals surface area contributed by atoms with E-state index >= 15 is 0 Å². The van der Waals surface area contributed by atoms with E-state index in [4.69, 9.17) is 0 Å². The molecule has 0 spiro atoms. The average Bonchev–Trinajstić information content (AvgIpc) is 2.86. The lowest BCUT2D eigenvalue weighted by Gasteiger charge is -2.54. The molecule has 5 heteroatoms. The van der Waals surface area contributed by atoms with Crippen LogP contribution in [0.4, 0.5) is 5.69 Å². The summed E-state index contributed by atoms with van der Waals surface area (Å²) < 4.78 is 0. The first kappa shape index (κ1) is 15.4. The molecular weight excluding hydrogens is 304 g/mol. The van der Waals surface area contributed by atoms with Crippen molar-refractivity contribution in [2.24, 2.45) is 5.41 Å². The number of hydrogen-bond acceptors (Lipinski definition) is 3. The fraction of sp³-hybridized carbons (Fsp3) is 0.474. The molecule has 2 amide bonds. The molecule has 0 aromatic heterocycles. The molecule has 1 aromatic rings. The second kappa shape index (κ2) is 5.18. The average molecular weight is 326 g/mol. The first-order valence-electron chi connectivity index (χ1n) is 8.67. The van der Waals surface area contributed by atoms with Crippen LogP contribution in [-0.4, -0.2) is 34.1 Å².